The van der Waals surface area contributed by atoms with E-state index in [-0.39, 0.29) is 0 Å². The summed E-state index contributed by atoms with van der Waals surface area (Å²) in [6.07, 6.45) is 4.10. The smallest absolute Gasteiger partial charge is 0.151 e. The van der Waals surface area contributed by atoms with Crippen LogP contribution in [0.5, 0.6) is 0 Å². The number of para-hydroxylation sites is 1. The summed E-state index contributed by atoms with van der Waals surface area (Å²) in [4.78, 5) is 9.23. The Bertz CT molecular complexity index is 739. The summed E-state index contributed by atoms with van der Waals surface area (Å²) in [6, 6.07) is 14.3. The highest BCUT2D eigenvalue weighted by molar-refractivity contribution is 8.00. The van der Waals surface area contributed by atoms with Gasteiger partial charge in [0.2, 0.25) is 0 Å². The van der Waals surface area contributed by atoms with Crippen molar-refractivity contribution in [2.45, 2.75) is 10.1 Å². The molecule has 0 saturated heterocycles. The van der Waals surface area contributed by atoms with E-state index in [0.717, 1.165) is 27.0 Å². The number of thiazole rings is 1. The van der Waals surface area contributed by atoms with Crippen molar-refractivity contribution in [1.29, 1.82) is 0 Å². The van der Waals surface area contributed by atoms with Crippen LogP contribution in [0.3, 0.4) is 0 Å². The summed E-state index contributed by atoms with van der Waals surface area (Å²) in [7, 11) is 0. The summed E-state index contributed by atoms with van der Waals surface area (Å²) in [5.74, 6) is 0.849. The maximum absolute atomic E-state index is 4.63. The Balaban J connectivity index is 1.57. The van der Waals surface area contributed by atoms with Gasteiger partial charge in [-0.1, -0.05) is 30.0 Å². The molecule has 3 aromatic heterocycles. The normalized spacial score (nSPS) is 11.4. The second-order valence-electron chi connectivity index (χ2n) is 4.43. The molecule has 5 heteroatoms. The van der Waals surface area contributed by atoms with Gasteiger partial charge in [-0.05, 0) is 24.3 Å². The Hall–Kier alpha value is -1.85. The number of pyridine rings is 1. The van der Waals surface area contributed by atoms with Gasteiger partial charge in [0.25, 0.3) is 0 Å². The van der Waals surface area contributed by atoms with Crippen LogP contribution in [0.4, 0.5) is 0 Å². The van der Waals surface area contributed by atoms with Crippen LogP contribution < -0.4 is 0 Å². The van der Waals surface area contributed by atoms with Crippen molar-refractivity contribution in [3.05, 3.63) is 60.6 Å². The number of imidazole rings is 1. The number of hydrogen-bond acceptors (Lipinski definition) is 4. The molecular formula is C15H11N3S2. The van der Waals surface area contributed by atoms with E-state index in [9.17, 15) is 0 Å². The number of hydrogen-bond donors (Lipinski definition) is 0. The van der Waals surface area contributed by atoms with Crippen LogP contribution in [0.1, 0.15) is 5.69 Å². The molecule has 4 rings (SSSR count). The van der Waals surface area contributed by atoms with Gasteiger partial charge in [0.15, 0.2) is 4.34 Å². The largest absolute Gasteiger partial charge is 0.307 e. The van der Waals surface area contributed by atoms with Crippen LogP contribution in [0, 0.1) is 0 Å². The van der Waals surface area contributed by atoms with Gasteiger partial charge < -0.3 is 4.40 Å². The molecule has 3 nitrogen and oxygen atoms in total. The molecule has 98 valence electrons. The van der Waals surface area contributed by atoms with Crippen molar-refractivity contribution in [3.63, 3.8) is 0 Å². The zero-order valence-electron chi connectivity index (χ0n) is 10.6. The second-order valence-corrected chi connectivity index (χ2v) is 6.69. The molecule has 0 N–H and O–H groups in total. The second kappa shape index (κ2) is 4.92. The molecule has 0 bridgehead atoms. The summed E-state index contributed by atoms with van der Waals surface area (Å²) < 4.78 is 4.39. The maximum atomic E-state index is 4.63. The van der Waals surface area contributed by atoms with Crippen LogP contribution in [0.15, 0.2) is 59.2 Å². The molecule has 0 aliphatic rings. The molecule has 0 aliphatic heterocycles. The molecule has 0 saturated carbocycles. The molecule has 0 unspecified atom stereocenters. The van der Waals surface area contributed by atoms with Crippen LogP contribution in [0.2, 0.25) is 0 Å². The van der Waals surface area contributed by atoms with Crippen LogP contribution in [-0.2, 0) is 5.75 Å². The third kappa shape index (κ3) is 2.19. The molecule has 0 atom stereocenters. The van der Waals surface area contributed by atoms with Crippen LogP contribution >= 0.6 is 23.1 Å². The van der Waals surface area contributed by atoms with Crippen molar-refractivity contribution >= 4 is 39.0 Å². The minimum absolute atomic E-state index is 0.849. The Labute approximate surface area is 124 Å². The molecule has 3 heterocycles. The lowest BCUT2D eigenvalue weighted by Gasteiger charge is -1.91. The van der Waals surface area contributed by atoms with Gasteiger partial charge in [-0.3, -0.25) is 0 Å². The van der Waals surface area contributed by atoms with Crippen molar-refractivity contribution in [2.75, 3.05) is 0 Å². The Morgan fingerprint density at radius 1 is 1.05 bits per heavy atom. The van der Waals surface area contributed by atoms with Crippen molar-refractivity contribution < 1.29 is 0 Å². The first kappa shape index (κ1) is 11.9. The van der Waals surface area contributed by atoms with Gasteiger partial charge in [0, 0.05) is 18.1 Å². The fourth-order valence-corrected chi connectivity index (χ4v) is 4.06. The summed E-state index contributed by atoms with van der Waals surface area (Å²) >= 11 is 3.49. The van der Waals surface area contributed by atoms with E-state index in [1.54, 1.807) is 23.1 Å². The predicted molar refractivity (Wildman–Crippen MR) is 84.4 cm³/mol. The number of rotatable bonds is 3. The Kier molecular flexibility index (Phi) is 2.94. The van der Waals surface area contributed by atoms with E-state index in [0.29, 0.717) is 0 Å². The molecule has 0 spiro atoms. The van der Waals surface area contributed by atoms with E-state index in [1.807, 2.05) is 34.9 Å². The zero-order valence-corrected chi connectivity index (χ0v) is 12.2. The van der Waals surface area contributed by atoms with Gasteiger partial charge in [0.1, 0.15) is 5.65 Å². The minimum Gasteiger partial charge on any atom is -0.307 e. The molecule has 0 aliphatic carbocycles. The molecule has 1 aromatic carbocycles. The van der Waals surface area contributed by atoms with Gasteiger partial charge in [-0.15, -0.1) is 11.3 Å². The van der Waals surface area contributed by atoms with Gasteiger partial charge in [-0.2, -0.15) is 0 Å². The lowest BCUT2D eigenvalue weighted by molar-refractivity contribution is 1.18. The molecule has 0 fully saturated rings. The highest BCUT2D eigenvalue weighted by Gasteiger charge is 2.06. The average Bonchev–Trinajstić information content (AvgIpc) is 3.07. The molecule has 0 amide bonds. The summed E-state index contributed by atoms with van der Waals surface area (Å²) in [5, 5.41) is 0. The topological polar surface area (TPSA) is 30.2 Å². The van der Waals surface area contributed by atoms with Crippen molar-refractivity contribution in [3.8, 4) is 0 Å². The number of fused-ring (bicyclic) bond motifs is 2. The van der Waals surface area contributed by atoms with Crippen molar-refractivity contribution in [1.82, 2.24) is 14.4 Å². The number of aromatic nitrogens is 3. The lowest BCUT2D eigenvalue weighted by atomic mass is 10.3. The summed E-state index contributed by atoms with van der Waals surface area (Å²) in [5.41, 5.74) is 3.16. The first-order valence-electron chi connectivity index (χ1n) is 6.29. The third-order valence-electron chi connectivity index (χ3n) is 3.03. The van der Waals surface area contributed by atoms with E-state index in [2.05, 4.69) is 34.4 Å². The number of thioether (sulfide) groups is 1. The first-order valence-corrected chi connectivity index (χ1v) is 8.10. The molecule has 20 heavy (non-hydrogen) atoms. The van der Waals surface area contributed by atoms with Gasteiger partial charge >= 0.3 is 0 Å². The molecular weight excluding hydrogens is 286 g/mol. The Morgan fingerprint density at radius 3 is 2.85 bits per heavy atom. The average molecular weight is 297 g/mol. The molecule has 0 radical (unpaired) electrons. The number of benzene rings is 1. The van der Waals surface area contributed by atoms with Gasteiger partial charge in [-0.25, -0.2) is 9.97 Å². The maximum Gasteiger partial charge on any atom is 0.151 e. The predicted octanol–water partition coefficient (Wildman–Crippen LogP) is 4.24. The van der Waals surface area contributed by atoms with Crippen LogP contribution in [-0.4, -0.2) is 14.4 Å². The summed E-state index contributed by atoms with van der Waals surface area (Å²) in [6.45, 7) is 0. The highest BCUT2D eigenvalue weighted by atomic mass is 32.2. The van der Waals surface area contributed by atoms with Crippen LogP contribution in [0.25, 0.3) is 15.9 Å². The lowest BCUT2D eigenvalue weighted by Crippen LogP contribution is -1.78. The Morgan fingerprint density at radius 2 is 1.95 bits per heavy atom. The van der Waals surface area contributed by atoms with E-state index in [1.165, 1.54) is 4.70 Å². The fourth-order valence-electron chi connectivity index (χ4n) is 2.11. The number of nitrogens with zero attached hydrogens (tertiary/aromatic N) is 3. The minimum atomic E-state index is 0.849. The van der Waals surface area contributed by atoms with E-state index >= 15 is 0 Å². The van der Waals surface area contributed by atoms with Crippen molar-refractivity contribution in [2.24, 2.45) is 0 Å². The standard InChI is InChI=1S/C15H11N3S2/c1-2-6-13-12(5-1)17-15(20-13)19-10-11-9-18-8-4-3-7-14(18)16-11/h1-9H,10H2. The molecule has 4 aromatic rings. The van der Waals surface area contributed by atoms with Gasteiger partial charge in [0.05, 0.1) is 15.9 Å². The zero-order chi connectivity index (χ0) is 13.4. The fraction of sp³-hybridized carbons (Fsp3) is 0.0667. The van der Waals surface area contributed by atoms with E-state index in [4.69, 9.17) is 0 Å². The highest BCUT2D eigenvalue weighted by Crippen LogP contribution is 2.31. The van der Waals surface area contributed by atoms with E-state index < -0.39 is 0 Å². The quantitative estimate of drug-likeness (QED) is 0.530. The first-order chi connectivity index (χ1) is 9.88. The monoisotopic (exact) mass is 297 g/mol. The SMILES string of the molecule is c1ccc2sc(SCc3cn4ccccc4n3)nc2c1. The third-order valence-corrected chi connectivity index (χ3v) is 5.24.